The smallest absolute Gasteiger partial charge is 0.342 e. The van der Waals surface area contributed by atoms with E-state index in [9.17, 15) is 14.7 Å². The van der Waals surface area contributed by atoms with Gasteiger partial charge in [0.25, 0.3) is 0 Å². The van der Waals surface area contributed by atoms with Crippen LogP contribution in [0.25, 0.3) is 11.3 Å². The number of nitrogens with one attached hydrogen (secondary N) is 2. The second-order valence-corrected chi connectivity index (χ2v) is 8.88. The normalized spacial score (nSPS) is 13.4. The van der Waals surface area contributed by atoms with E-state index in [0.29, 0.717) is 23.5 Å². The summed E-state index contributed by atoms with van der Waals surface area (Å²) in [5, 5.41) is 20.9. The van der Waals surface area contributed by atoms with Crippen molar-refractivity contribution in [2.45, 2.75) is 45.6 Å². The number of hydrogen-bond acceptors (Lipinski definition) is 5. The monoisotopic (exact) mass is 462 g/mol. The second-order valence-electron chi connectivity index (χ2n) is 8.88. The maximum Gasteiger partial charge on any atom is 0.342 e. The van der Waals surface area contributed by atoms with Crippen molar-refractivity contribution in [3.05, 3.63) is 59.8 Å². The van der Waals surface area contributed by atoms with E-state index in [1.165, 1.54) is 10.7 Å². The van der Waals surface area contributed by atoms with Gasteiger partial charge in [-0.3, -0.25) is 4.79 Å². The van der Waals surface area contributed by atoms with Gasteiger partial charge < -0.3 is 20.5 Å². The van der Waals surface area contributed by atoms with E-state index in [2.05, 4.69) is 15.7 Å². The average Bonchev–Trinajstić information content (AvgIpc) is 3.21. The van der Waals surface area contributed by atoms with Crippen molar-refractivity contribution in [3.63, 3.8) is 0 Å². The quantitative estimate of drug-likeness (QED) is 0.464. The number of amides is 2. The Morgan fingerprint density at radius 1 is 1.15 bits per heavy atom. The summed E-state index contributed by atoms with van der Waals surface area (Å²) in [6.45, 7) is 3.97. The summed E-state index contributed by atoms with van der Waals surface area (Å²) in [5.74, 6) is 0.717. The number of hydrogen-bond donors (Lipinski definition) is 3. The van der Waals surface area contributed by atoms with Crippen molar-refractivity contribution in [2.24, 2.45) is 5.92 Å². The highest BCUT2D eigenvalue weighted by atomic mass is 16.5. The number of phenols is 1. The molecule has 178 valence electrons. The van der Waals surface area contributed by atoms with Gasteiger partial charge in [-0.2, -0.15) is 9.78 Å². The van der Waals surface area contributed by atoms with Gasteiger partial charge in [0, 0.05) is 35.7 Å². The molecule has 0 atom stereocenters. The number of phenolic OH excluding ortho intramolecular Hbond substituents is 1. The summed E-state index contributed by atoms with van der Waals surface area (Å²) in [7, 11) is 1.61. The van der Waals surface area contributed by atoms with Gasteiger partial charge in [0.1, 0.15) is 11.5 Å². The lowest BCUT2D eigenvalue weighted by Gasteiger charge is -2.25. The van der Waals surface area contributed by atoms with Crippen LogP contribution >= 0.6 is 0 Å². The first-order chi connectivity index (χ1) is 16.4. The Kier molecular flexibility index (Phi) is 6.86. The van der Waals surface area contributed by atoms with Gasteiger partial charge in [-0.25, -0.2) is 4.79 Å². The number of nitrogens with zero attached hydrogens (tertiary/aromatic N) is 2. The number of carbonyl (C=O) groups is 2. The first-order valence-electron chi connectivity index (χ1n) is 11.5. The lowest BCUT2D eigenvalue weighted by Crippen LogP contribution is -2.31. The fourth-order valence-electron chi connectivity index (χ4n) is 3.79. The van der Waals surface area contributed by atoms with Gasteiger partial charge >= 0.3 is 6.03 Å². The first-order valence-corrected chi connectivity index (χ1v) is 11.5. The van der Waals surface area contributed by atoms with E-state index in [-0.39, 0.29) is 29.5 Å². The molecule has 1 saturated carbocycles. The molecular formula is C26H30N4O4. The summed E-state index contributed by atoms with van der Waals surface area (Å²) < 4.78 is 6.59. The molecule has 8 heteroatoms. The molecule has 1 aliphatic carbocycles. The molecule has 0 spiro atoms. The van der Waals surface area contributed by atoms with Crippen molar-refractivity contribution < 1.29 is 19.4 Å². The van der Waals surface area contributed by atoms with Gasteiger partial charge in [-0.15, -0.1) is 0 Å². The Balaban J connectivity index is 1.55. The molecule has 0 bridgehead atoms. The van der Waals surface area contributed by atoms with Crippen LogP contribution in [0.1, 0.15) is 50.3 Å². The molecule has 2 aromatic carbocycles. The molecule has 0 saturated heterocycles. The molecule has 3 N–H and O–H groups in total. The fourth-order valence-corrected chi connectivity index (χ4v) is 3.79. The predicted molar refractivity (Wildman–Crippen MR) is 130 cm³/mol. The maximum absolute atomic E-state index is 13.0. The van der Waals surface area contributed by atoms with E-state index in [1.54, 1.807) is 33.1 Å². The maximum atomic E-state index is 13.0. The highest BCUT2D eigenvalue weighted by molar-refractivity contribution is 5.92. The molecular weight excluding hydrogens is 432 g/mol. The summed E-state index contributed by atoms with van der Waals surface area (Å²) in [4.78, 5) is 25.0. The minimum atomic E-state index is -0.315. The third-order valence-electron chi connectivity index (χ3n) is 6.12. The van der Waals surface area contributed by atoms with Crippen molar-refractivity contribution in [1.82, 2.24) is 15.1 Å². The minimum absolute atomic E-state index is 0.00925. The van der Waals surface area contributed by atoms with Gasteiger partial charge in [-0.05, 0) is 48.7 Å². The fraction of sp³-hybridized carbons (Fsp3) is 0.346. The SMILES string of the molecule is COc1ccc(CNC(=O)n2nc(-c3ccc(NC(=O)C(C)C)cc3O)cc2C2CCC2)cc1. The van der Waals surface area contributed by atoms with Crippen LogP contribution in [0, 0.1) is 5.92 Å². The Morgan fingerprint density at radius 2 is 1.88 bits per heavy atom. The predicted octanol–water partition coefficient (Wildman–Crippen LogP) is 4.88. The van der Waals surface area contributed by atoms with Gasteiger partial charge in [0.15, 0.2) is 0 Å². The van der Waals surface area contributed by atoms with E-state index in [0.717, 1.165) is 36.3 Å². The van der Waals surface area contributed by atoms with Crippen molar-refractivity contribution >= 4 is 17.6 Å². The largest absolute Gasteiger partial charge is 0.507 e. The molecule has 2 amide bonds. The summed E-state index contributed by atoms with van der Waals surface area (Å²) in [5.41, 5.74) is 3.31. The highest BCUT2D eigenvalue weighted by Crippen LogP contribution is 2.39. The Hall–Kier alpha value is -3.81. The number of aromatic nitrogens is 2. The lowest BCUT2D eigenvalue weighted by molar-refractivity contribution is -0.118. The van der Waals surface area contributed by atoms with Crippen LogP contribution < -0.4 is 15.4 Å². The van der Waals surface area contributed by atoms with E-state index < -0.39 is 0 Å². The molecule has 1 aromatic heterocycles. The summed E-state index contributed by atoms with van der Waals surface area (Å²) >= 11 is 0. The Labute approximate surface area is 198 Å². The zero-order chi connectivity index (χ0) is 24.2. The topological polar surface area (TPSA) is 105 Å². The van der Waals surface area contributed by atoms with Crippen LogP contribution in [0.3, 0.4) is 0 Å². The number of rotatable bonds is 7. The summed E-state index contributed by atoms with van der Waals surface area (Å²) in [6.07, 6.45) is 3.13. The summed E-state index contributed by atoms with van der Waals surface area (Å²) in [6, 6.07) is 14.0. The second kappa shape index (κ2) is 9.99. The number of methoxy groups -OCH3 is 1. The minimum Gasteiger partial charge on any atom is -0.507 e. The Bertz CT molecular complexity index is 1180. The molecule has 1 fully saturated rings. The van der Waals surface area contributed by atoms with Gasteiger partial charge in [0.2, 0.25) is 5.91 Å². The van der Waals surface area contributed by atoms with Crippen LogP contribution in [0.5, 0.6) is 11.5 Å². The lowest BCUT2D eigenvalue weighted by atomic mass is 9.82. The molecule has 3 aromatic rings. The number of aromatic hydroxyl groups is 1. The van der Waals surface area contributed by atoms with Gasteiger partial charge in [-0.1, -0.05) is 32.4 Å². The molecule has 8 nitrogen and oxygen atoms in total. The van der Waals surface area contributed by atoms with Crippen LogP contribution in [0.15, 0.2) is 48.5 Å². The molecule has 0 aliphatic heterocycles. The molecule has 4 rings (SSSR count). The van der Waals surface area contributed by atoms with Crippen LogP contribution in [-0.2, 0) is 11.3 Å². The molecule has 0 radical (unpaired) electrons. The third kappa shape index (κ3) is 5.06. The Morgan fingerprint density at radius 3 is 2.47 bits per heavy atom. The molecule has 1 heterocycles. The standard InChI is InChI=1S/C26H30N4O4/c1-16(2)25(32)28-19-9-12-21(24(31)13-19)22-14-23(18-5-4-6-18)30(29-22)26(33)27-15-17-7-10-20(34-3)11-8-17/h7-14,16,18,31H,4-6,15H2,1-3H3,(H,27,33)(H,28,32). The van der Waals surface area contributed by atoms with E-state index >= 15 is 0 Å². The average molecular weight is 463 g/mol. The van der Waals surface area contributed by atoms with Gasteiger partial charge in [0.05, 0.1) is 18.5 Å². The van der Waals surface area contributed by atoms with Crippen molar-refractivity contribution in [2.75, 3.05) is 12.4 Å². The molecule has 34 heavy (non-hydrogen) atoms. The van der Waals surface area contributed by atoms with Crippen LogP contribution in [0.2, 0.25) is 0 Å². The molecule has 0 unspecified atom stereocenters. The van der Waals surface area contributed by atoms with Crippen LogP contribution in [-0.4, -0.2) is 33.9 Å². The zero-order valence-electron chi connectivity index (χ0n) is 19.7. The highest BCUT2D eigenvalue weighted by Gasteiger charge is 2.27. The van der Waals surface area contributed by atoms with Crippen LogP contribution in [0.4, 0.5) is 10.5 Å². The first kappa shape index (κ1) is 23.4. The van der Waals surface area contributed by atoms with Crippen molar-refractivity contribution in [1.29, 1.82) is 0 Å². The van der Waals surface area contributed by atoms with E-state index in [4.69, 9.17) is 4.74 Å². The third-order valence-corrected chi connectivity index (χ3v) is 6.12. The number of carbonyl (C=O) groups excluding carboxylic acids is 2. The molecule has 1 aliphatic rings. The van der Waals surface area contributed by atoms with Crippen molar-refractivity contribution in [3.8, 4) is 22.8 Å². The number of ether oxygens (including phenoxy) is 1. The number of benzene rings is 2. The zero-order valence-corrected chi connectivity index (χ0v) is 19.7. The van der Waals surface area contributed by atoms with E-state index in [1.807, 2.05) is 30.3 Å². The number of anilines is 1.